The van der Waals surface area contributed by atoms with Gasteiger partial charge in [0.15, 0.2) is 0 Å². The van der Waals surface area contributed by atoms with Gasteiger partial charge in [-0.05, 0) is 24.3 Å². The van der Waals surface area contributed by atoms with Crippen LogP contribution in [-0.2, 0) is 19.5 Å². The molecule has 6 nitrogen and oxygen atoms in total. The lowest BCUT2D eigenvalue weighted by Crippen LogP contribution is -2.35. The maximum atomic E-state index is 11.9. The van der Waals surface area contributed by atoms with E-state index < -0.39 is 10.0 Å². The van der Waals surface area contributed by atoms with Crippen molar-refractivity contribution in [3.63, 3.8) is 0 Å². The van der Waals surface area contributed by atoms with Gasteiger partial charge in [0.2, 0.25) is 10.0 Å². The molecule has 18 heavy (non-hydrogen) atoms. The SMILES string of the molecule is COCC(CNS(=O)(=O)c1ccc(N)cc1)OC. The van der Waals surface area contributed by atoms with Crippen molar-refractivity contribution in [3.8, 4) is 0 Å². The molecule has 1 rings (SSSR count). The van der Waals surface area contributed by atoms with Gasteiger partial charge in [-0.2, -0.15) is 0 Å². The van der Waals surface area contributed by atoms with Crippen LogP contribution in [0, 0.1) is 0 Å². The van der Waals surface area contributed by atoms with E-state index >= 15 is 0 Å². The van der Waals surface area contributed by atoms with Crippen molar-refractivity contribution in [2.24, 2.45) is 0 Å². The van der Waals surface area contributed by atoms with E-state index in [0.717, 1.165) is 0 Å². The second-order valence-corrected chi connectivity index (χ2v) is 5.50. The molecule has 7 heteroatoms. The summed E-state index contributed by atoms with van der Waals surface area (Å²) in [6.07, 6.45) is -0.321. The second kappa shape index (κ2) is 6.69. The molecule has 0 aliphatic carbocycles. The van der Waals surface area contributed by atoms with Gasteiger partial charge in [-0.1, -0.05) is 0 Å². The van der Waals surface area contributed by atoms with Gasteiger partial charge in [0.05, 0.1) is 17.6 Å². The summed E-state index contributed by atoms with van der Waals surface area (Å²) < 4.78 is 36.3. The normalized spacial score (nSPS) is 13.4. The Morgan fingerprint density at radius 2 is 1.89 bits per heavy atom. The van der Waals surface area contributed by atoms with Crippen LogP contribution < -0.4 is 10.5 Å². The third kappa shape index (κ3) is 4.26. The van der Waals surface area contributed by atoms with Gasteiger partial charge in [-0.25, -0.2) is 13.1 Å². The number of rotatable bonds is 7. The Kier molecular flexibility index (Phi) is 5.54. The minimum Gasteiger partial charge on any atom is -0.399 e. The predicted molar refractivity (Wildman–Crippen MR) is 68.7 cm³/mol. The fraction of sp³-hybridized carbons (Fsp3) is 0.455. The minimum atomic E-state index is -3.54. The van der Waals surface area contributed by atoms with Crippen LogP contribution >= 0.6 is 0 Å². The average Bonchev–Trinajstić information content (AvgIpc) is 2.35. The van der Waals surface area contributed by atoms with E-state index in [1.54, 1.807) is 0 Å². The highest BCUT2D eigenvalue weighted by atomic mass is 32.2. The highest BCUT2D eigenvalue weighted by Crippen LogP contribution is 2.11. The van der Waals surface area contributed by atoms with E-state index in [0.29, 0.717) is 12.3 Å². The molecule has 1 unspecified atom stereocenters. The molecular formula is C11H18N2O4S. The standard InChI is InChI=1S/C11H18N2O4S/c1-16-8-10(17-2)7-13-18(14,15)11-5-3-9(12)4-6-11/h3-6,10,13H,7-8,12H2,1-2H3. The van der Waals surface area contributed by atoms with Gasteiger partial charge < -0.3 is 15.2 Å². The molecule has 0 heterocycles. The van der Waals surface area contributed by atoms with E-state index in [1.165, 1.54) is 38.5 Å². The molecule has 0 radical (unpaired) electrons. The molecule has 0 saturated heterocycles. The molecule has 1 aromatic carbocycles. The Morgan fingerprint density at radius 3 is 2.39 bits per heavy atom. The van der Waals surface area contributed by atoms with Crippen molar-refractivity contribution < 1.29 is 17.9 Å². The number of ether oxygens (including phenoxy) is 2. The summed E-state index contributed by atoms with van der Waals surface area (Å²) in [5, 5.41) is 0. The molecule has 1 atom stereocenters. The van der Waals surface area contributed by atoms with Crippen LogP contribution in [0.5, 0.6) is 0 Å². The molecule has 0 fully saturated rings. The highest BCUT2D eigenvalue weighted by molar-refractivity contribution is 7.89. The van der Waals surface area contributed by atoms with E-state index in [4.69, 9.17) is 15.2 Å². The fourth-order valence-corrected chi connectivity index (χ4v) is 2.40. The number of hydrogen-bond acceptors (Lipinski definition) is 5. The molecule has 0 aliphatic heterocycles. The molecule has 0 saturated carbocycles. The first kappa shape index (κ1) is 14.9. The number of anilines is 1. The number of hydrogen-bond donors (Lipinski definition) is 2. The van der Waals surface area contributed by atoms with Crippen LogP contribution in [0.15, 0.2) is 29.2 Å². The van der Waals surface area contributed by atoms with Crippen LogP contribution in [-0.4, -0.2) is 41.9 Å². The lowest BCUT2D eigenvalue weighted by molar-refractivity contribution is 0.0320. The third-order valence-electron chi connectivity index (χ3n) is 2.38. The van der Waals surface area contributed by atoms with Crippen LogP contribution in [0.25, 0.3) is 0 Å². The van der Waals surface area contributed by atoms with E-state index in [-0.39, 0.29) is 17.5 Å². The van der Waals surface area contributed by atoms with Crippen molar-refractivity contribution in [3.05, 3.63) is 24.3 Å². The molecule has 0 bridgehead atoms. The molecule has 0 amide bonds. The lowest BCUT2D eigenvalue weighted by atomic mass is 10.3. The van der Waals surface area contributed by atoms with Crippen molar-refractivity contribution in [1.82, 2.24) is 4.72 Å². The van der Waals surface area contributed by atoms with E-state index in [9.17, 15) is 8.42 Å². The number of methoxy groups -OCH3 is 2. The Hall–Kier alpha value is -1.15. The summed E-state index contributed by atoms with van der Waals surface area (Å²) in [5.41, 5.74) is 6.02. The van der Waals surface area contributed by atoms with Crippen molar-refractivity contribution in [2.45, 2.75) is 11.0 Å². The van der Waals surface area contributed by atoms with Crippen molar-refractivity contribution >= 4 is 15.7 Å². The second-order valence-electron chi connectivity index (χ2n) is 3.73. The lowest BCUT2D eigenvalue weighted by Gasteiger charge is -2.15. The van der Waals surface area contributed by atoms with E-state index in [2.05, 4.69) is 4.72 Å². The zero-order chi connectivity index (χ0) is 13.6. The Bertz CT molecular complexity index is 458. The number of nitrogens with one attached hydrogen (secondary N) is 1. The first-order chi connectivity index (χ1) is 8.49. The van der Waals surface area contributed by atoms with Gasteiger partial charge in [-0.15, -0.1) is 0 Å². The predicted octanol–water partition coefficient (Wildman–Crippen LogP) is 0.208. The van der Waals surface area contributed by atoms with Crippen molar-refractivity contribution in [1.29, 1.82) is 0 Å². The van der Waals surface area contributed by atoms with Crippen LogP contribution in [0.4, 0.5) is 5.69 Å². The highest BCUT2D eigenvalue weighted by Gasteiger charge is 2.16. The Balaban J connectivity index is 2.67. The van der Waals surface area contributed by atoms with E-state index in [1.807, 2.05) is 0 Å². The zero-order valence-electron chi connectivity index (χ0n) is 10.4. The van der Waals surface area contributed by atoms with Crippen LogP contribution in [0.3, 0.4) is 0 Å². The van der Waals surface area contributed by atoms with Crippen LogP contribution in [0.2, 0.25) is 0 Å². The van der Waals surface area contributed by atoms with Crippen LogP contribution in [0.1, 0.15) is 0 Å². The van der Waals surface area contributed by atoms with Gasteiger partial charge in [0.25, 0.3) is 0 Å². The summed E-state index contributed by atoms with van der Waals surface area (Å²) in [6.45, 7) is 0.470. The smallest absolute Gasteiger partial charge is 0.240 e. The van der Waals surface area contributed by atoms with Gasteiger partial charge >= 0.3 is 0 Å². The first-order valence-corrected chi connectivity index (χ1v) is 6.85. The van der Waals surface area contributed by atoms with Gasteiger partial charge in [0.1, 0.15) is 0 Å². The monoisotopic (exact) mass is 274 g/mol. The maximum Gasteiger partial charge on any atom is 0.240 e. The quantitative estimate of drug-likeness (QED) is 0.694. The molecular weight excluding hydrogens is 256 g/mol. The number of nitrogen functional groups attached to an aromatic ring is 1. The Morgan fingerprint density at radius 1 is 1.28 bits per heavy atom. The number of sulfonamides is 1. The summed E-state index contributed by atoms with van der Waals surface area (Å²) in [5.74, 6) is 0. The topological polar surface area (TPSA) is 90.7 Å². The zero-order valence-corrected chi connectivity index (χ0v) is 11.2. The van der Waals surface area contributed by atoms with Gasteiger partial charge in [0, 0.05) is 26.5 Å². The number of benzene rings is 1. The third-order valence-corrected chi connectivity index (χ3v) is 3.82. The largest absolute Gasteiger partial charge is 0.399 e. The van der Waals surface area contributed by atoms with Crippen molar-refractivity contribution in [2.75, 3.05) is 33.1 Å². The fourth-order valence-electron chi connectivity index (χ4n) is 1.33. The molecule has 0 aromatic heterocycles. The average molecular weight is 274 g/mol. The molecule has 1 aromatic rings. The summed E-state index contributed by atoms with van der Waals surface area (Å²) in [6, 6.07) is 5.99. The summed E-state index contributed by atoms with van der Waals surface area (Å²) in [4.78, 5) is 0.170. The minimum absolute atomic E-state index is 0.150. The molecule has 0 spiro atoms. The van der Waals surface area contributed by atoms with Gasteiger partial charge in [-0.3, -0.25) is 0 Å². The first-order valence-electron chi connectivity index (χ1n) is 5.36. The molecule has 0 aliphatic rings. The summed E-state index contributed by atoms with van der Waals surface area (Å²) in [7, 11) is -0.512. The maximum absolute atomic E-state index is 11.9. The Labute approximate surface area is 107 Å². The molecule has 3 N–H and O–H groups in total. The number of nitrogens with two attached hydrogens (primary N) is 1. The molecule has 102 valence electrons. The summed E-state index contributed by atoms with van der Waals surface area (Å²) >= 11 is 0.